The average molecular weight is 287 g/mol. The summed E-state index contributed by atoms with van der Waals surface area (Å²) in [5, 5.41) is 0. The van der Waals surface area contributed by atoms with Gasteiger partial charge in [-0.15, -0.1) is 0 Å². The zero-order valence-electron chi connectivity index (χ0n) is 10.8. The van der Waals surface area contributed by atoms with Gasteiger partial charge in [-0.2, -0.15) is 4.31 Å². The molecule has 1 aliphatic rings. The predicted molar refractivity (Wildman–Crippen MR) is 69.4 cm³/mol. The van der Waals surface area contributed by atoms with Crippen molar-refractivity contribution in [2.75, 3.05) is 7.05 Å². The van der Waals surface area contributed by atoms with E-state index in [1.807, 2.05) is 0 Å². The molecule has 0 amide bonds. The molecule has 0 atom stereocenters. The largest absolute Gasteiger partial charge is 0.328 e. The number of hydrogen-bond acceptors (Lipinski definition) is 4. The van der Waals surface area contributed by atoms with E-state index in [0.29, 0.717) is 0 Å². The van der Waals surface area contributed by atoms with Gasteiger partial charge >= 0.3 is 0 Å². The fourth-order valence-corrected chi connectivity index (χ4v) is 3.75. The van der Waals surface area contributed by atoms with Crippen LogP contribution in [0.25, 0.3) is 0 Å². The van der Waals surface area contributed by atoms with Gasteiger partial charge in [-0.1, -0.05) is 0 Å². The van der Waals surface area contributed by atoms with E-state index >= 15 is 0 Å². The maximum Gasteiger partial charge on any atom is 0.244 e. The van der Waals surface area contributed by atoms with E-state index in [4.69, 9.17) is 5.73 Å². The molecule has 1 aliphatic carbocycles. The van der Waals surface area contributed by atoms with E-state index in [0.717, 1.165) is 37.9 Å². The summed E-state index contributed by atoms with van der Waals surface area (Å²) in [4.78, 5) is 3.48. The Morgan fingerprint density at radius 1 is 1.32 bits per heavy atom. The van der Waals surface area contributed by atoms with Gasteiger partial charge in [0, 0.05) is 25.3 Å². The van der Waals surface area contributed by atoms with Crippen LogP contribution in [0.5, 0.6) is 0 Å². The van der Waals surface area contributed by atoms with Crippen molar-refractivity contribution in [2.45, 2.75) is 42.7 Å². The van der Waals surface area contributed by atoms with Crippen LogP contribution in [0, 0.1) is 5.82 Å². The van der Waals surface area contributed by atoms with Gasteiger partial charge in [0.1, 0.15) is 10.7 Å². The van der Waals surface area contributed by atoms with Crippen molar-refractivity contribution in [3.8, 4) is 0 Å². The summed E-state index contributed by atoms with van der Waals surface area (Å²) in [6, 6.07) is 1.07. The molecule has 0 saturated heterocycles. The highest BCUT2D eigenvalue weighted by atomic mass is 32.2. The molecular weight excluding hydrogens is 269 g/mol. The van der Waals surface area contributed by atoms with Gasteiger partial charge in [0.15, 0.2) is 0 Å². The zero-order chi connectivity index (χ0) is 14.0. The molecule has 106 valence electrons. The Balaban J connectivity index is 2.20. The molecule has 0 aromatic carbocycles. The van der Waals surface area contributed by atoms with Crippen LogP contribution in [-0.4, -0.2) is 36.8 Å². The van der Waals surface area contributed by atoms with Crippen molar-refractivity contribution in [3.05, 3.63) is 24.3 Å². The van der Waals surface area contributed by atoms with Gasteiger partial charge < -0.3 is 5.73 Å². The highest BCUT2D eigenvalue weighted by Gasteiger charge is 2.31. The lowest BCUT2D eigenvalue weighted by Gasteiger charge is -2.32. The van der Waals surface area contributed by atoms with Crippen molar-refractivity contribution in [3.63, 3.8) is 0 Å². The fourth-order valence-electron chi connectivity index (χ4n) is 2.36. The Hall–Kier alpha value is -1.05. The topological polar surface area (TPSA) is 76.3 Å². The quantitative estimate of drug-likeness (QED) is 0.903. The molecule has 1 aromatic rings. The van der Waals surface area contributed by atoms with Gasteiger partial charge in [-0.05, 0) is 31.7 Å². The molecule has 19 heavy (non-hydrogen) atoms. The van der Waals surface area contributed by atoms with Crippen molar-refractivity contribution in [2.24, 2.45) is 5.73 Å². The number of halogens is 1. The number of nitrogens with two attached hydrogens (primary N) is 1. The van der Waals surface area contributed by atoms with Crippen LogP contribution in [0.1, 0.15) is 25.7 Å². The number of aromatic nitrogens is 1. The lowest BCUT2D eigenvalue weighted by Crippen LogP contribution is -2.41. The second kappa shape index (κ2) is 5.52. The fraction of sp³-hybridized carbons (Fsp3) is 0.583. The van der Waals surface area contributed by atoms with E-state index in [9.17, 15) is 12.8 Å². The first-order valence-electron chi connectivity index (χ1n) is 6.25. The number of nitrogens with zero attached hydrogens (tertiary/aromatic N) is 2. The molecule has 0 unspecified atom stereocenters. The normalized spacial score (nSPS) is 24.6. The first-order valence-corrected chi connectivity index (χ1v) is 7.69. The van der Waals surface area contributed by atoms with Crippen LogP contribution < -0.4 is 5.73 Å². The molecule has 0 spiro atoms. The molecule has 1 aromatic heterocycles. The van der Waals surface area contributed by atoms with Crippen molar-refractivity contribution in [1.82, 2.24) is 9.29 Å². The minimum Gasteiger partial charge on any atom is -0.328 e. The molecule has 1 saturated carbocycles. The van der Waals surface area contributed by atoms with Gasteiger partial charge in [0.2, 0.25) is 10.0 Å². The minimum atomic E-state index is -3.69. The molecule has 1 heterocycles. The molecule has 0 aliphatic heterocycles. The van der Waals surface area contributed by atoms with E-state index < -0.39 is 15.8 Å². The van der Waals surface area contributed by atoms with E-state index in [1.165, 1.54) is 17.5 Å². The van der Waals surface area contributed by atoms with Crippen LogP contribution in [0.3, 0.4) is 0 Å². The van der Waals surface area contributed by atoms with Gasteiger partial charge in [0.25, 0.3) is 0 Å². The summed E-state index contributed by atoms with van der Waals surface area (Å²) in [5.74, 6) is -0.653. The minimum absolute atomic E-state index is 0.0759. The van der Waals surface area contributed by atoms with Crippen LogP contribution in [0.2, 0.25) is 0 Å². The van der Waals surface area contributed by atoms with Gasteiger partial charge in [-0.3, -0.25) is 4.98 Å². The Morgan fingerprint density at radius 3 is 2.53 bits per heavy atom. The van der Waals surface area contributed by atoms with Crippen LogP contribution in [0.15, 0.2) is 23.4 Å². The standard InChI is InChI=1S/C12H18FN3O2S/c1-16(11-4-2-10(14)3-5-11)19(17,18)12-6-9(13)7-15-8-12/h6-8,10-11H,2-5,14H2,1H3. The molecule has 2 N–H and O–H groups in total. The lowest BCUT2D eigenvalue weighted by atomic mass is 9.92. The Kier molecular flexibility index (Phi) is 4.17. The number of hydrogen-bond donors (Lipinski definition) is 1. The molecule has 2 rings (SSSR count). The summed E-state index contributed by atoms with van der Waals surface area (Å²) in [6.07, 6.45) is 5.25. The second-order valence-corrected chi connectivity index (χ2v) is 6.93. The number of pyridine rings is 1. The molecule has 5 nitrogen and oxygen atoms in total. The summed E-state index contributed by atoms with van der Waals surface area (Å²) in [7, 11) is -2.16. The van der Waals surface area contributed by atoms with E-state index in [1.54, 1.807) is 0 Å². The maximum atomic E-state index is 13.1. The Labute approximate surface area is 112 Å². The summed E-state index contributed by atoms with van der Waals surface area (Å²) in [6.45, 7) is 0. The summed E-state index contributed by atoms with van der Waals surface area (Å²) in [5.41, 5.74) is 5.81. The summed E-state index contributed by atoms with van der Waals surface area (Å²) >= 11 is 0. The van der Waals surface area contributed by atoms with Gasteiger partial charge in [0.05, 0.1) is 6.20 Å². The Morgan fingerprint density at radius 2 is 1.95 bits per heavy atom. The molecule has 7 heteroatoms. The third-order valence-electron chi connectivity index (χ3n) is 3.61. The maximum absolute atomic E-state index is 13.1. The first kappa shape index (κ1) is 14.4. The number of sulfonamides is 1. The molecule has 1 fully saturated rings. The van der Waals surface area contributed by atoms with Gasteiger partial charge in [-0.25, -0.2) is 12.8 Å². The first-order chi connectivity index (χ1) is 8.91. The lowest BCUT2D eigenvalue weighted by molar-refractivity contribution is 0.268. The predicted octanol–water partition coefficient (Wildman–Crippen LogP) is 1.11. The molecule has 0 bridgehead atoms. The third kappa shape index (κ3) is 3.10. The zero-order valence-corrected chi connectivity index (χ0v) is 11.6. The molecular formula is C12H18FN3O2S. The number of rotatable bonds is 3. The Bertz CT molecular complexity index is 542. The van der Waals surface area contributed by atoms with Crippen molar-refractivity contribution >= 4 is 10.0 Å². The SMILES string of the molecule is CN(C1CCC(N)CC1)S(=O)(=O)c1cncc(F)c1. The third-order valence-corrected chi connectivity index (χ3v) is 5.49. The monoisotopic (exact) mass is 287 g/mol. The van der Waals surface area contributed by atoms with Crippen molar-refractivity contribution < 1.29 is 12.8 Å². The van der Waals surface area contributed by atoms with E-state index in [2.05, 4.69) is 4.98 Å². The highest BCUT2D eigenvalue weighted by molar-refractivity contribution is 7.89. The summed E-state index contributed by atoms with van der Waals surface area (Å²) < 4.78 is 39.1. The highest BCUT2D eigenvalue weighted by Crippen LogP contribution is 2.25. The van der Waals surface area contributed by atoms with Crippen LogP contribution in [-0.2, 0) is 10.0 Å². The smallest absolute Gasteiger partial charge is 0.244 e. The second-order valence-electron chi connectivity index (χ2n) is 4.93. The van der Waals surface area contributed by atoms with Crippen LogP contribution in [0.4, 0.5) is 4.39 Å². The van der Waals surface area contributed by atoms with Crippen molar-refractivity contribution in [1.29, 1.82) is 0 Å². The van der Waals surface area contributed by atoms with E-state index in [-0.39, 0.29) is 17.0 Å². The van der Waals surface area contributed by atoms with Crippen LogP contribution >= 0.6 is 0 Å². The molecule has 0 radical (unpaired) electrons. The average Bonchev–Trinajstić information content (AvgIpc) is 2.39.